The molecule has 0 fully saturated rings. The molecule has 1 aromatic carbocycles. The fourth-order valence-corrected chi connectivity index (χ4v) is 5.00. The van der Waals surface area contributed by atoms with Crippen LogP contribution in [-0.2, 0) is 16.6 Å². The first kappa shape index (κ1) is 15.8. The molecule has 120 valence electrons. The molecule has 1 N–H and O–H groups in total. The van der Waals surface area contributed by atoms with E-state index in [1.165, 1.54) is 11.3 Å². The lowest BCUT2D eigenvalue weighted by Crippen LogP contribution is -2.13. The second-order valence-corrected chi connectivity index (χ2v) is 8.40. The molecular weight excluding hydrogens is 330 g/mol. The van der Waals surface area contributed by atoms with Gasteiger partial charge in [0.2, 0.25) is 0 Å². The molecule has 0 unspecified atom stereocenters. The van der Waals surface area contributed by atoms with Gasteiger partial charge in [-0.05, 0) is 43.7 Å². The maximum atomic E-state index is 12.5. The lowest BCUT2D eigenvalue weighted by Gasteiger charge is -2.09. The summed E-state index contributed by atoms with van der Waals surface area (Å²) in [7, 11) is -3.56. The van der Waals surface area contributed by atoms with E-state index in [-0.39, 0.29) is 0 Å². The molecule has 0 radical (unpaired) electrons. The van der Waals surface area contributed by atoms with Crippen LogP contribution in [0.4, 0.5) is 5.69 Å². The Balaban J connectivity index is 1.84. The number of aryl methyl sites for hydroxylation is 2. The van der Waals surface area contributed by atoms with Crippen LogP contribution >= 0.6 is 11.3 Å². The van der Waals surface area contributed by atoms with Crippen LogP contribution in [0.5, 0.6) is 0 Å². The van der Waals surface area contributed by atoms with E-state index in [1.54, 1.807) is 23.0 Å². The molecule has 0 aliphatic heterocycles. The molecule has 0 saturated heterocycles. The van der Waals surface area contributed by atoms with Gasteiger partial charge in [-0.3, -0.25) is 9.40 Å². The largest absolute Gasteiger partial charge is 0.280 e. The highest BCUT2D eigenvalue weighted by molar-refractivity contribution is 7.93. The summed E-state index contributed by atoms with van der Waals surface area (Å²) in [6.45, 7) is 4.32. The summed E-state index contributed by atoms with van der Waals surface area (Å²) in [6, 6.07) is 10.9. The van der Waals surface area contributed by atoms with Crippen LogP contribution in [0.1, 0.15) is 15.3 Å². The molecule has 0 spiro atoms. The van der Waals surface area contributed by atoms with Crippen molar-refractivity contribution in [3.63, 3.8) is 0 Å². The lowest BCUT2D eigenvalue weighted by molar-refractivity contribution is 0.601. The van der Waals surface area contributed by atoms with E-state index in [2.05, 4.69) is 9.82 Å². The monoisotopic (exact) mass is 347 g/mol. The Kier molecular flexibility index (Phi) is 4.23. The van der Waals surface area contributed by atoms with Gasteiger partial charge >= 0.3 is 0 Å². The molecule has 2 aromatic heterocycles. The number of hydrogen-bond donors (Lipinski definition) is 1. The maximum absolute atomic E-state index is 12.5. The molecular formula is C16H17N3O2S2. The molecule has 2 heterocycles. The van der Waals surface area contributed by atoms with Crippen molar-refractivity contribution in [2.75, 3.05) is 4.72 Å². The van der Waals surface area contributed by atoms with E-state index >= 15 is 0 Å². The van der Waals surface area contributed by atoms with E-state index in [4.69, 9.17) is 0 Å². The number of benzene rings is 1. The molecule has 0 atom stereocenters. The summed E-state index contributed by atoms with van der Waals surface area (Å²) in [5.41, 5.74) is 1.53. The maximum Gasteiger partial charge on any atom is 0.262 e. The minimum Gasteiger partial charge on any atom is -0.280 e. The number of sulfonamides is 1. The predicted octanol–water partition coefficient (Wildman–Crippen LogP) is 3.41. The Morgan fingerprint density at radius 3 is 2.70 bits per heavy atom. The quantitative estimate of drug-likeness (QED) is 0.769. The van der Waals surface area contributed by atoms with Gasteiger partial charge in [0.15, 0.2) is 0 Å². The van der Waals surface area contributed by atoms with Gasteiger partial charge in [0.1, 0.15) is 4.90 Å². The summed E-state index contributed by atoms with van der Waals surface area (Å²) in [6.07, 6.45) is 3.59. The van der Waals surface area contributed by atoms with Crippen LogP contribution in [0.2, 0.25) is 0 Å². The number of hydrogen-bond acceptors (Lipinski definition) is 4. The van der Waals surface area contributed by atoms with Crippen molar-refractivity contribution < 1.29 is 8.42 Å². The van der Waals surface area contributed by atoms with Crippen molar-refractivity contribution in [1.29, 1.82) is 0 Å². The second-order valence-electron chi connectivity index (χ2n) is 5.29. The third kappa shape index (κ3) is 3.62. The Hall–Kier alpha value is -2.12. The minimum atomic E-state index is -3.56. The highest BCUT2D eigenvalue weighted by atomic mass is 32.2. The summed E-state index contributed by atoms with van der Waals surface area (Å²) in [4.78, 5) is 2.12. The van der Waals surface area contributed by atoms with Crippen LogP contribution in [0.25, 0.3) is 0 Å². The number of thiophene rings is 1. The van der Waals surface area contributed by atoms with Crippen molar-refractivity contribution in [2.24, 2.45) is 0 Å². The normalized spacial score (nSPS) is 11.6. The second kappa shape index (κ2) is 6.17. The van der Waals surface area contributed by atoms with E-state index in [1.807, 2.05) is 44.3 Å². The number of nitrogens with zero attached hydrogens (tertiary/aromatic N) is 2. The molecule has 3 rings (SSSR count). The van der Waals surface area contributed by atoms with Crippen molar-refractivity contribution in [2.45, 2.75) is 25.3 Å². The Morgan fingerprint density at radius 2 is 2.04 bits per heavy atom. The van der Waals surface area contributed by atoms with Gasteiger partial charge in [0, 0.05) is 27.8 Å². The highest BCUT2D eigenvalue weighted by Gasteiger charge is 2.19. The van der Waals surface area contributed by atoms with Crippen LogP contribution in [-0.4, -0.2) is 18.2 Å². The molecule has 7 heteroatoms. The zero-order chi connectivity index (χ0) is 16.4. The highest BCUT2D eigenvalue weighted by Crippen LogP contribution is 2.27. The summed E-state index contributed by atoms with van der Waals surface area (Å²) in [5, 5.41) is 4.16. The fourth-order valence-electron chi connectivity index (χ4n) is 2.40. The van der Waals surface area contributed by atoms with E-state index < -0.39 is 10.0 Å². The van der Waals surface area contributed by atoms with Crippen molar-refractivity contribution in [3.8, 4) is 0 Å². The fraction of sp³-hybridized carbons (Fsp3) is 0.188. The molecule has 0 saturated carbocycles. The van der Waals surface area contributed by atoms with Crippen LogP contribution < -0.4 is 4.72 Å². The van der Waals surface area contributed by atoms with Crippen molar-refractivity contribution >= 4 is 27.0 Å². The first-order chi connectivity index (χ1) is 10.9. The Morgan fingerprint density at radius 1 is 1.22 bits per heavy atom. The van der Waals surface area contributed by atoms with E-state index in [0.717, 1.165) is 15.3 Å². The van der Waals surface area contributed by atoms with Crippen LogP contribution in [0.3, 0.4) is 0 Å². The van der Waals surface area contributed by atoms with Gasteiger partial charge in [-0.15, -0.1) is 11.3 Å². The molecule has 5 nitrogen and oxygen atoms in total. The molecule has 23 heavy (non-hydrogen) atoms. The van der Waals surface area contributed by atoms with Gasteiger partial charge in [-0.25, -0.2) is 8.42 Å². The van der Waals surface area contributed by atoms with E-state index in [0.29, 0.717) is 17.1 Å². The van der Waals surface area contributed by atoms with Crippen LogP contribution in [0, 0.1) is 13.8 Å². The molecule has 0 bridgehead atoms. The zero-order valence-corrected chi connectivity index (χ0v) is 14.5. The summed E-state index contributed by atoms with van der Waals surface area (Å²) >= 11 is 1.48. The molecule has 3 aromatic rings. The smallest absolute Gasteiger partial charge is 0.262 e. The van der Waals surface area contributed by atoms with Gasteiger partial charge in [-0.1, -0.05) is 12.1 Å². The van der Waals surface area contributed by atoms with Crippen molar-refractivity contribution in [3.05, 3.63) is 64.1 Å². The van der Waals surface area contributed by atoms with Crippen LogP contribution in [0.15, 0.2) is 53.7 Å². The molecule has 0 amide bonds. The third-order valence-corrected chi connectivity index (χ3v) is 5.97. The first-order valence-corrected chi connectivity index (χ1v) is 9.40. The number of aromatic nitrogens is 2. The van der Waals surface area contributed by atoms with Gasteiger partial charge in [0.25, 0.3) is 10.0 Å². The average Bonchev–Trinajstić information content (AvgIpc) is 3.08. The Bertz CT molecular complexity index is 913. The van der Waals surface area contributed by atoms with Gasteiger partial charge < -0.3 is 0 Å². The zero-order valence-electron chi connectivity index (χ0n) is 12.9. The first-order valence-electron chi connectivity index (χ1n) is 7.10. The molecule has 0 aliphatic carbocycles. The van der Waals surface area contributed by atoms with Crippen molar-refractivity contribution in [1.82, 2.24) is 9.78 Å². The van der Waals surface area contributed by atoms with E-state index in [9.17, 15) is 8.42 Å². The summed E-state index contributed by atoms with van der Waals surface area (Å²) in [5.74, 6) is 0. The topological polar surface area (TPSA) is 64.0 Å². The summed E-state index contributed by atoms with van der Waals surface area (Å²) < 4.78 is 29.5. The predicted molar refractivity (Wildman–Crippen MR) is 92.4 cm³/mol. The number of nitrogens with one attached hydrogen (secondary N) is 1. The number of rotatable bonds is 5. The van der Waals surface area contributed by atoms with Gasteiger partial charge in [-0.2, -0.15) is 5.10 Å². The minimum absolute atomic E-state index is 0.345. The lowest BCUT2D eigenvalue weighted by atomic mass is 10.2. The average molecular weight is 347 g/mol. The van der Waals surface area contributed by atoms with Gasteiger partial charge in [0.05, 0.1) is 6.54 Å². The SMILES string of the molecule is Cc1cc(S(=O)(=O)Nc2cccc(Cn3cccn3)c2)c(C)s1. The Labute approximate surface area is 139 Å². The molecule has 0 aliphatic rings. The third-order valence-electron chi connectivity index (χ3n) is 3.37. The number of anilines is 1. The standard InChI is InChI=1S/C16H17N3O2S2/c1-12-9-16(13(2)22-12)23(20,21)18-15-6-3-5-14(10-15)11-19-8-4-7-17-19/h3-10,18H,11H2,1-2H3.